The minimum absolute atomic E-state index is 0.0965. The van der Waals surface area contributed by atoms with Crippen LogP contribution in [0.1, 0.15) is 17.7 Å². The fraction of sp³-hybridized carbons (Fsp3) is 0.300. The SMILES string of the molecule is COC(=O)CCN(Cc1ccco1)C(=O)/C=C/c1cc(OC)ccc1OC. The summed E-state index contributed by atoms with van der Waals surface area (Å²) < 4.78 is 20.5. The van der Waals surface area contributed by atoms with Gasteiger partial charge in [0.05, 0.1) is 40.6 Å². The van der Waals surface area contributed by atoms with Crippen molar-refractivity contribution < 1.29 is 28.2 Å². The van der Waals surface area contributed by atoms with Gasteiger partial charge < -0.3 is 23.5 Å². The van der Waals surface area contributed by atoms with Crippen LogP contribution in [0.4, 0.5) is 0 Å². The Labute approximate surface area is 158 Å². The average molecular weight is 373 g/mol. The van der Waals surface area contributed by atoms with E-state index in [1.807, 2.05) is 0 Å². The summed E-state index contributed by atoms with van der Waals surface area (Å²) in [5.74, 6) is 1.25. The summed E-state index contributed by atoms with van der Waals surface area (Å²) in [5, 5.41) is 0. The molecule has 0 unspecified atom stereocenters. The molecule has 2 rings (SSSR count). The molecule has 0 radical (unpaired) electrons. The standard InChI is InChI=1S/C20H23NO6/c1-24-16-7-8-18(25-2)15(13-16)6-9-19(22)21(11-10-20(23)26-3)14-17-5-4-12-27-17/h4-9,12-13H,10-11,14H2,1-3H3/b9-6+. The summed E-state index contributed by atoms with van der Waals surface area (Å²) >= 11 is 0. The maximum Gasteiger partial charge on any atom is 0.307 e. The number of carbonyl (C=O) groups excluding carboxylic acids is 2. The van der Waals surface area contributed by atoms with Gasteiger partial charge in [0.2, 0.25) is 5.91 Å². The predicted octanol–water partition coefficient (Wildman–Crippen LogP) is 2.90. The minimum atomic E-state index is -0.384. The molecule has 7 heteroatoms. The van der Waals surface area contributed by atoms with Crippen LogP contribution in [0.5, 0.6) is 11.5 Å². The van der Waals surface area contributed by atoms with Crippen LogP contribution in [0, 0.1) is 0 Å². The molecule has 0 atom stereocenters. The van der Waals surface area contributed by atoms with Crippen molar-refractivity contribution in [1.82, 2.24) is 4.90 Å². The van der Waals surface area contributed by atoms with Crippen molar-refractivity contribution in [3.8, 4) is 11.5 Å². The van der Waals surface area contributed by atoms with Crippen LogP contribution in [0.25, 0.3) is 6.08 Å². The molecule has 0 saturated heterocycles. The Kier molecular flexibility index (Phi) is 7.49. The second kappa shape index (κ2) is 10.1. The molecule has 27 heavy (non-hydrogen) atoms. The molecule has 2 aromatic rings. The fourth-order valence-corrected chi connectivity index (χ4v) is 2.42. The molecule has 0 spiro atoms. The van der Waals surface area contributed by atoms with Crippen LogP contribution in [-0.2, 0) is 20.9 Å². The summed E-state index contributed by atoms with van der Waals surface area (Å²) in [5.41, 5.74) is 0.705. The summed E-state index contributed by atoms with van der Waals surface area (Å²) in [6.45, 7) is 0.466. The topological polar surface area (TPSA) is 78.2 Å². The first-order valence-electron chi connectivity index (χ1n) is 8.35. The lowest BCUT2D eigenvalue weighted by atomic mass is 10.1. The number of esters is 1. The molecule has 0 saturated carbocycles. The van der Waals surface area contributed by atoms with Crippen molar-refractivity contribution in [2.75, 3.05) is 27.9 Å². The average Bonchev–Trinajstić information content (AvgIpc) is 3.21. The monoisotopic (exact) mass is 373 g/mol. The van der Waals surface area contributed by atoms with Crippen molar-refractivity contribution in [2.24, 2.45) is 0 Å². The molecule has 1 aromatic heterocycles. The Morgan fingerprint density at radius 1 is 1.15 bits per heavy atom. The lowest BCUT2D eigenvalue weighted by Crippen LogP contribution is -2.31. The van der Waals surface area contributed by atoms with E-state index in [0.717, 1.165) is 0 Å². The second-order valence-corrected chi connectivity index (χ2v) is 5.61. The molecular weight excluding hydrogens is 350 g/mol. The quantitative estimate of drug-likeness (QED) is 0.497. The van der Waals surface area contributed by atoms with Crippen molar-refractivity contribution in [1.29, 1.82) is 0 Å². The predicted molar refractivity (Wildman–Crippen MR) is 99.3 cm³/mol. The minimum Gasteiger partial charge on any atom is -0.497 e. The Balaban J connectivity index is 2.16. The van der Waals surface area contributed by atoms with E-state index in [9.17, 15) is 9.59 Å². The number of hydrogen-bond donors (Lipinski definition) is 0. The van der Waals surface area contributed by atoms with Crippen molar-refractivity contribution in [3.63, 3.8) is 0 Å². The first-order valence-corrected chi connectivity index (χ1v) is 8.35. The van der Waals surface area contributed by atoms with Crippen LogP contribution >= 0.6 is 0 Å². The van der Waals surface area contributed by atoms with E-state index >= 15 is 0 Å². The highest BCUT2D eigenvalue weighted by atomic mass is 16.5. The summed E-state index contributed by atoms with van der Waals surface area (Å²) in [6.07, 6.45) is 4.71. The van der Waals surface area contributed by atoms with Crippen molar-refractivity contribution in [3.05, 3.63) is 54.0 Å². The molecule has 1 aromatic carbocycles. The normalized spacial score (nSPS) is 10.6. The third kappa shape index (κ3) is 5.91. The number of hydrogen-bond acceptors (Lipinski definition) is 6. The number of carbonyl (C=O) groups is 2. The van der Waals surface area contributed by atoms with Gasteiger partial charge >= 0.3 is 5.97 Å². The molecule has 0 fully saturated rings. The maximum absolute atomic E-state index is 12.7. The second-order valence-electron chi connectivity index (χ2n) is 5.61. The van der Waals surface area contributed by atoms with E-state index in [0.29, 0.717) is 22.8 Å². The van der Waals surface area contributed by atoms with Gasteiger partial charge in [0.15, 0.2) is 0 Å². The van der Waals surface area contributed by atoms with E-state index in [1.165, 1.54) is 24.3 Å². The Morgan fingerprint density at radius 2 is 1.96 bits per heavy atom. The molecule has 0 N–H and O–H groups in total. The molecule has 1 amide bonds. The fourth-order valence-electron chi connectivity index (χ4n) is 2.42. The first kappa shape index (κ1) is 20.1. The van der Waals surface area contributed by atoms with Crippen molar-refractivity contribution >= 4 is 18.0 Å². The summed E-state index contributed by atoms with van der Waals surface area (Å²) in [7, 11) is 4.44. The molecule has 144 valence electrons. The summed E-state index contributed by atoms with van der Waals surface area (Å²) in [4.78, 5) is 25.6. The van der Waals surface area contributed by atoms with Gasteiger partial charge in [0.25, 0.3) is 0 Å². The highest BCUT2D eigenvalue weighted by Crippen LogP contribution is 2.25. The number of nitrogens with zero attached hydrogens (tertiary/aromatic N) is 1. The Hall–Kier alpha value is -3.22. The van der Waals surface area contributed by atoms with Gasteiger partial charge in [0.1, 0.15) is 17.3 Å². The van der Waals surface area contributed by atoms with Crippen LogP contribution in [0.2, 0.25) is 0 Å². The third-order valence-electron chi connectivity index (χ3n) is 3.89. The largest absolute Gasteiger partial charge is 0.497 e. The number of methoxy groups -OCH3 is 3. The van der Waals surface area contributed by atoms with Gasteiger partial charge in [0, 0.05) is 18.2 Å². The third-order valence-corrected chi connectivity index (χ3v) is 3.89. The van der Waals surface area contributed by atoms with Crippen LogP contribution in [-0.4, -0.2) is 44.7 Å². The van der Waals surface area contributed by atoms with Crippen molar-refractivity contribution in [2.45, 2.75) is 13.0 Å². The van der Waals surface area contributed by atoms with Gasteiger partial charge in [-0.3, -0.25) is 9.59 Å². The molecule has 0 aliphatic heterocycles. The molecule has 0 aliphatic carbocycles. The lowest BCUT2D eigenvalue weighted by molar-refractivity contribution is -0.141. The smallest absolute Gasteiger partial charge is 0.307 e. The number of amides is 1. The first-order chi connectivity index (χ1) is 13.1. The van der Waals surface area contributed by atoms with E-state index in [4.69, 9.17) is 13.9 Å². The lowest BCUT2D eigenvalue weighted by Gasteiger charge is -2.19. The molecule has 0 bridgehead atoms. The number of ether oxygens (including phenoxy) is 3. The van der Waals surface area contributed by atoms with Crippen LogP contribution < -0.4 is 9.47 Å². The summed E-state index contributed by atoms with van der Waals surface area (Å²) in [6, 6.07) is 8.83. The van der Waals surface area contributed by atoms with Crippen LogP contribution in [0.15, 0.2) is 47.1 Å². The zero-order valence-electron chi connectivity index (χ0n) is 15.6. The van der Waals surface area contributed by atoms with E-state index in [2.05, 4.69) is 4.74 Å². The van der Waals surface area contributed by atoms with E-state index in [-0.39, 0.29) is 31.4 Å². The van der Waals surface area contributed by atoms with E-state index in [1.54, 1.807) is 50.6 Å². The molecular formula is C20H23NO6. The zero-order chi connectivity index (χ0) is 19.6. The van der Waals surface area contributed by atoms with Crippen LogP contribution in [0.3, 0.4) is 0 Å². The van der Waals surface area contributed by atoms with E-state index < -0.39 is 0 Å². The highest BCUT2D eigenvalue weighted by molar-refractivity contribution is 5.92. The Morgan fingerprint density at radius 3 is 2.59 bits per heavy atom. The van der Waals surface area contributed by atoms with Gasteiger partial charge in [-0.2, -0.15) is 0 Å². The van der Waals surface area contributed by atoms with Gasteiger partial charge in [-0.25, -0.2) is 0 Å². The zero-order valence-corrected chi connectivity index (χ0v) is 15.6. The number of rotatable bonds is 9. The Bertz CT molecular complexity index is 782. The molecule has 7 nitrogen and oxygen atoms in total. The number of benzene rings is 1. The maximum atomic E-state index is 12.7. The highest BCUT2D eigenvalue weighted by Gasteiger charge is 2.15. The van der Waals surface area contributed by atoms with Gasteiger partial charge in [-0.05, 0) is 36.4 Å². The number of furan rings is 1. The molecule has 1 heterocycles. The van der Waals surface area contributed by atoms with Gasteiger partial charge in [-0.1, -0.05) is 0 Å². The molecule has 0 aliphatic rings. The van der Waals surface area contributed by atoms with Gasteiger partial charge in [-0.15, -0.1) is 0 Å².